The number of aliphatic hydroxyl groups is 1. The van der Waals surface area contributed by atoms with Gasteiger partial charge >= 0.3 is 29.6 Å². The van der Waals surface area contributed by atoms with E-state index in [1.54, 1.807) is 0 Å². The Morgan fingerprint density at radius 1 is 0.700 bits per heavy atom. The van der Waals surface area contributed by atoms with Crippen molar-refractivity contribution in [1.82, 2.24) is 0 Å². The van der Waals surface area contributed by atoms with Crippen LogP contribution < -0.4 is 0 Å². The van der Waals surface area contributed by atoms with E-state index in [0.717, 1.165) is 0 Å². The van der Waals surface area contributed by atoms with Crippen molar-refractivity contribution in [1.29, 1.82) is 0 Å². The SMILES string of the molecule is O=S(=O)(O)CCOCCOCCOCCOCCO.[NaH]. The van der Waals surface area contributed by atoms with Crippen molar-refractivity contribution in [3.63, 3.8) is 0 Å². The molecule has 8 nitrogen and oxygen atoms in total. The Balaban J connectivity index is 0. The number of aliphatic hydroxyl groups excluding tert-OH is 1. The fraction of sp³-hybridized carbons (Fsp3) is 1.00. The van der Waals surface area contributed by atoms with E-state index in [1.165, 1.54) is 0 Å². The third-order valence-corrected chi connectivity index (χ3v) is 2.52. The molecular weight excluding hydrogens is 303 g/mol. The molecule has 0 amide bonds. The van der Waals surface area contributed by atoms with Gasteiger partial charge in [-0.15, -0.1) is 0 Å². The molecule has 0 unspecified atom stereocenters. The molecule has 0 saturated carbocycles. The van der Waals surface area contributed by atoms with Crippen molar-refractivity contribution in [2.24, 2.45) is 0 Å². The Kier molecular flexibility index (Phi) is 18.5. The first-order chi connectivity index (χ1) is 9.06. The molecule has 0 fully saturated rings. The molecule has 0 aliphatic heterocycles. The van der Waals surface area contributed by atoms with E-state index >= 15 is 0 Å². The Hall–Kier alpha value is 0.710. The van der Waals surface area contributed by atoms with Gasteiger partial charge in [0.15, 0.2) is 0 Å². The van der Waals surface area contributed by atoms with Crippen LogP contribution in [0, 0.1) is 0 Å². The van der Waals surface area contributed by atoms with Gasteiger partial charge in [0.2, 0.25) is 0 Å². The van der Waals surface area contributed by atoms with Crippen molar-refractivity contribution in [2.45, 2.75) is 0 Å². The second kappa shape index (κ2) is 16.1. The molecule has 0 aromatic rings. The first-order valence-corrected chi connectivity index (χ1v) is 7.54. The van der Waals surface area contributed by atoms with Gasteiger partial charge in [0, 0.05) is 0 Å². The van der Waals surface area contributed by atoms with Crippen molar-refractivity contribution >= 4 is 39.7 Å². The van der Waals surface area contributed by atoms with Gasteiger partial charge < -0.3 is 24.1 Å². The summed E-state index contributed by atoms with van der Waals surface area (Å²) in [7, 11) is -3.95. The third kappa shape index (κ3) is 21.0. The number of hydrogen-bond acceptors (Lipinski definition) is 7. The summed E-state index contributed by atoms with van der Waals surface area (Å²) in [5.41, 5.74) is 0. The molecule has 118 valence electrons. The van der Waals surface area contributed by atoms with Crippen LogP contribution in [0.25, 0.3) is 0 Å². The molecule has 0 aromatic carbocycles. The zero-order valence-corrected chi connectivity index (χ0v) is 11.6. The standard InChI is InChI=1S/C10H22O8S.Na.H/c11-1-2-15-3-4-16-5-6-17-7-8-18-9-10-19(12,13)14;;/h11H,1-10H2,(H,12,13,14);;. The van der Waals surface area contributed by atoms with E-state index in [9.17, 15) is 8.42 Å². The topological polar surface area (TPSA) is 112 Å². The summed E-state index contributed by atoms with van der Waals surface area (Å²) in [5, 5.41) is 8.43. The van der Waals surface area contributed by atoms with Gasteiger partial charge in [-0.25, -0.2) is 0 Å². The second-order valence-corrected chi connectivity index (χ2v) is 5.03. The van der Waals surface area contributed by atoms with Crippen molar-refractivity contribution in [3.8, 4) is 0 Å². The summed E-state index contributed by atoms with van der Waals surface area (Å²) in [5.74, 6) is -0.413. The van der Waals surface area contributed by atoms with E-state index in [1.807, 2.05) is 0 Å². The van der Waals surface area contributed by atoms with Crippen LogP contribution in [0.5, 0.6) is 0 Å². The summed E-state index contributed by atoms with van der Waals surface area (Å²) in [4.78, 5) is 0. The number of hydrogen-bond donors (Lipinski definition) is 2. The van der Waals surface area contributed by atoms with E-state index in [0.29, 0.717) is 39.6 Å². The summed E-state index contributed by atoms with van der Waals surface area (Å²) in [6.45, 7) is 2.54. The third-order valence-electron chi connectivity index (χ3n) is 1.84. The van der Waals surface area contributed by atoms with Gasteiger partial charge in [-0.1, -0.05) is 0 Å². The Morgan fingerprint density at radius 2 is 1.05 bits per heavy atom. The molecule has 0 rings (SSSR count). The molecule has 0 atom stereocenters. The van der Waals surface area contributed by atoms with Crippen LogP contribution in [-0.2, 0) is 29.1 Å². The normalized spacial score (nSPS) is 11.3. The zero-order chi connectivity index (χ0) is 14.4. The van der Waals surface area contributed by atoms with Gasteiger partial charge in [-0.05, 0) is 0 Å². The fourth-order valence-corrected chi connectivity index (χ4v) is 1.32. The van der Waals surface area contributed by atoms with Crippen LogP contribution in [0.4, 0.5) is 0 Å². The van der Waals surface area contributed by atoms with E-state index in [-0.39, 0.29) is 49.4 Å². The van der Waals surface area contributed by atoms with Crippen molar-refractivity contribution in [3.05, 3.63) is 0 Å². The molecule has 0 saturated heterocycles. The summed E-state index contributed by atoms with van der Waals surface area (Å²) < 4.78 is 49.3. The molecular formula is C10H23NaO8S. The fourth-order valence-electron chi connectivity index (χ4n) is 0.991. The van der Waals surface area contributed by atoms with Gasteiger partial charge in [-0.2, -0.15) is 8.42 Å². The minimum absolute atomic E-state index is 0. The maximum absolute atomic E-state index is 10.3. The minimum atomic E-state index is -3.95. The molecule has 20 heavy (non-hydrogen) atoms. The monoisotopic (exact) mass is 326 g/mol. The van der Waals surface area contributed by atoms with Crippen LogP contribution >= 0.6 is 0 Å². The van der Waals surface area contributed by atoms with E-state index in [4.69, 9.17) is 28.6 Å². The summed E-state index contributed by atoms with van der Waals surface area (Å²) in [6, 6.07) is 0. The number of rotatable bonds is 14. The van der Waals surface area contributed by atoms with Gasteiger partial charge in [0.05, 0.1) is 65.2 Å². The molecule has 0 spiro atoms. The Bertz CT molecular complexity index is 285. The molecule has 2 N–H and O–H groups in total. The molecule has 0 aliphatic rings. The summed E-state index contributed by atoms with van der Waals surface area (Å²) >= 11 is 0. The maximum atomic E-state index is 10.3. The van der Waals surface area contributed by atoms with Gasteiger partial charge in [-0.3, -0.25) is 4.55 Å². The Morgan fingerprint density at radius 3 is 1.40 bits per heavy atom. The molecule has 10 heteroatoms. The zero-order valence-electron chi connectivity index (χ0n) is 10.8. The van der Waals surface area contributed by atoms with Crippen LogP contribution in [0.15, 0.2) is 0 Å². The van der Waals surface area contributed by atoms with Crippen molar-refractivity contribution in [2.75, 3.05) is 65.2 Å². The first kappa shape index (κ1) is 23.0. The van der Waals surface area contributed by atoms with Gasteiger partial charge in [0.25, 0.3) is 10.1 Å². The number of ether oxygens (including phenoxy) is 4. The predicted molar refractivity (Wildman–Crippen MR) is 73.9 cm³/mol. The first-order valence-electron chi connectivity index (χ1n) is 5.93. The molecule has 0 heterocycles. The predicted octanol–water partition coefficient (Wildman–Crippen LogP) is -1.72. The average Bonchev–Trinajstić information content (AvgIpc) is 2.34. The van der Waals surface area contributed by atoms with Crippen LogP contribution in [0.2, 0.25) is 0 Å². The van der Waals surface area contributed by atoms with Gasteiger partial charge in [0.1, 0.15) is 0 Å². The Labute approximate surface area is 141 Å². The molecule has 0 aliphatic carbocycles. The van der Waals surface area contributed by atoms with E-state index < -0.39 is 15.9 Å². The second-order valence-electron chi connectivity index (χ2n) is 3.46. The van der Waals surface area contributed by atoms with Crippen LogP contribution in [0.1, 0.15) is 0 Å². The quantitative estimate of drug-likeness (QED) is 0.220. The molecule has 0 aromatic heterocycles. The van der Waals surface area contributed by atoms with E-state index in [2.05, 4.69) is 0 Å². The summed E-state index contributed by atoms with van der Waals surface area (Å²) in [6.07, 6.45) is 0. The average molecular weight is 326 g/mol. The van der Waals surface area contributed by atoms with Crippen LogP contribution in [0.3, 0.4) is 0 Å². The van der Waals surface area contributed by atoms with Crippen molar-refractivity contribution < 1.29 is 37.0 Å². The van der Waals surface area contributed by atoms with Crippen LogP contribution in [-0.4, -0.2) is 113 Å². The molecule has 0 radical (unpaired) electrons. The molecule has 0 bridgehead atoms.